The number of halogens is 1. The van der Waals surface area contributed by atoms with Crippen LogP contribution in [-0.2, 0) is 6.42 Å². The maximum absolute atomic E-state index is 9.14. The third-order valence-electron chi connectivity index (χ3n) is 1.93. The summed E-state index contributed by atoms with van der Waals surface area (Å²) in [5, 5.41) is 9.56. The first-order valence-electron chi connectivity index (χ1n) is 4.51. The minimum absolute atomic E-state index is 0.310. The zero-order chi connectivity index (χ0) is 10.6. The summed E-state index contributed by atoms with van der Waals surface area (Å²) in [6, 6.07) is 3.60. The molecule has 0 saturated carbocycles. The van der Waals surface area contributed by atoms with E-state index in [-0.39, 0.29) is 6.10 Å². The minimum Gasteiger partial charge on any atom is -0.481 e. The summed E-state index contributed by atoms with van der Waals surface area (Å²) in [6.45, 7) is 1.76. The summed E-state index contributed by atoms with van der Waals surface area (Å²) < 4.78 is 5.08. The Morgan fingerprint density at radius 1 is 1.57 bits per heavy atom. The Bertz CT molecular complexity index is 302. The van der Waals surface area contributed by atoms with Gasteiger partial charge in [-0.15, -0.1) is 0 Å². The second-order valence-corrected chi connectivity index (χ2v) is 3.58. The molecule has 0 amide bonds. The van der Waals surface area contributed by atoms with Gasteiger partial charge in [-0.3, -0.25) is 0 Å². The Labute approximate surface area is 88.7 Å². The van der Waals surface area contributed by atoms with Crippen molar-refractivity contribution < 1.29 is 9.84 Å². The molecule has 4 heteroatoms. The topological polar surface area (TPSA) is 42.4 Å². The predicted molar refractivity (Wildman–Crippen MR) is 55.8 cm³/mol. The zero-order valence-electron chi connectivity index (χ0n) is 8.33. The van der Waals surface area contributed by atoms with Gasteiger partial charge in [0.2, 0.25) is 5.88 Å². The molecular formula is C10H14ClNO2. The molecule has 1 heterocycles. The Morgan fingerprint density at radius 2 is 2.29 bits per heavy atom. The molecule has 0 aliphatic carbocycles. The van der Waals surface area contributed by atoms with Crippen molar-refractivity contribution in [1.82, 2.24) is 4.98 Å². The van der Waals surface area contributed by atoms with E-state index in [0.29, 0.717) is 17.5 Å². The fourth-order valence-corrected chi connectivity index (χ4v) is 1.32. The van der Waals surface area contributed by atoms with Crippen LogP contribution in [0.4, 0.5) is 0 Å². The van der Waals surface area contributed by atoms with Gasteiger partial charge in [0, 0.05) is 5.56 Å². The number of aliphatic hydroxyl groups excluding tert-OH is 1. The maximum atomic E-state index is 9.14. The highest BCUT2D eigenvalue weighted by Crippen LogP contribution is 2.20. The third-order valence-corrected chi connectivity index (χ3v) is 2.14. The van der Waals surface area contributed by atoms with Crippen LogP contribution in [-0.4, -0.2) is 23.3 Å². The number of aryl methyl sites for hydroxylation is 1. The van der Waals surface area contributed by atoms with Crippen LogP contribution in [0.3, 0.4) is 0 Å². The van der Waals surface area contributed by atoms with Gasteiger partial charge in [0.25, 0.3) is 0 Å². The van der Waals surface area contributed by atoms with Crippen LogP contribution in [0, 0.1) is 0 Å². The number of nitrogens with zero attached hydrogens (tertiary/aromatic N) is 1. The number of ether oxygens (including phenoxy) is 1. The second kappa shape index (κ2) is 5.17. The molecule has 78 valence electrons. The highest BCUT2D eigenvalue weighted by molar-refractivity contribution is 6.29. The molecule has 0 aliphatic heterocycles. The van der Waals surface area contributed by atoms with Gasteiger partial charge < -0.3 is 9.84 Å². The van der Waals surface area contributed by atoms with Gasteiger partial charge in [-0.2, -0.15) is 0 Å². The first-order valence-corrected chi connectivity index (χ1v) is 4.88. The van der Waals surface area contributed by atoms with E-state index in [1.807, 2.05) is 6.07 Å². The van der Waals surface area contributed by atoms with Crippen molar-refractivity contribution in [1.29, 1.82) is 0 Å². The third kappa shape index (κ3) is 3.16. The van der Waals surface area contributed by atoms with Gasteiger partial charge in [-0.25, -0.2) is 4.98 Å². The standard InChI is InChI=1S/C10H14ClNO2/c1-7(13)3-4-8-5-6-9(11)12-10(8)14-2/h5-7,13H,3-4H2,1-2H3. The lowest BCUT2D eigenvalue weighted by atomic mass is 10.1. The molecule has 3 nitrogen and oxygen atoms in total. The van der Waals surface area contributed by atoms with E-state index >= 15 is 0 Å². The molecule has 1 rings (SSSR count). The van der Waals surface area contributed by atoms with Crippen LogP contribution in [0.2, 0.25) is 5.15 Å². The van der Waals surface area contributed by atoms with E-state index in [9.17, 15) is 0 Å². The monoisotopic (exact) mass is 215 g/mol. The number of hydrogen-bond donors (Lipinski definition) is 1. The van der Waals surface area contributed by atoms with E-state index in [4.69, 9.17) is 21.4 Å². The van der Waals surface area contributed by atoms with Crippen molar-refractivity contribution in [3.63, 3.8) is 0 Å². The first kappa shape index (κ1) is 11.3. The van der Waals surface area contributed by atoms with Crippen LogP contribution >= 0.6 is 11.6 Å². The van der Waals surface area contributed by atoms with Gasteiger partial charge in [0.05, 0.1) is 13.2 Å². The van der Waals surface area contributed by atoms with Crippen LogP contribution in [0.1, 0.15) is 18.9 Å². The molecule has 14 heavy (non-hydrogen) atoms. The van der Waals surface area contributed by atoms with E-state index in [2.05, 4.69) is 4.98 Å². The van der Waals surface area contributed by atoms with E-state index < -0.39 is 0 Å². The van der Waals surface area contributed by atoms with Crippen LogP contribution in [0.5, 0.6) is 5.88 Å². The molecular weight excluding hydrogens is 202 g/mol. The van der Waals surface area contributed by atoms with Crippen molar-refractivity contribution in [2.45, 2.75) is 25.9 Å². The molecule has 1 aromatic rings. The Hall–Kier alpha value is -0.800. The molecule has 0 spiro atoms. The Morgan fingerprint density at radius 3 is 2.86 bits per heavy atom. The molecule has 0 aliphatic rings. The van der Waals surface area contributed by atoms with Crippen molar-refractivity contribution >= 4 is 11.6 Å². The molecule has 0 bridgehead atoms. The fourth-order valence-electron chi connectivity index (χ4n) is 1.18. The molecule has 0 fully saturated rings. The number of aliphatic hydroxyl groups is 1. The minimum atomic E-state index is -0.310. The van der Waals surface area contributed by atoms with E-state index in [1.54, 1.807) is 20.1 Å². The fraction of sp³-hybridized carbons (Fsp3) is 0.500. The van der Waals surface area contributed by atoms with Crippen molar-refractivity contribution in [2.75, 3.05) is 7.11 Å². The zero-order valence-corrected chi connectivity index (χ0v) is 9.08. The summed E-state index contributed by atoms with van der Waals surface area (Å²) in [5.41, 5.74) is 0.970. The average molecular weight is 216 g/mol. The molecule has 1 N–H and O–H groups in total. The number of pyridine rings is 1. The predicted octanol–water partition coefficient (Wildman–Crippen LogP) is 2.06. The van der Waals surface area contributed by atoms with Gasteiger partial charge >= 0.3 is 0 Å². The van der Waals surface area contributed by atoms with E-state index in [1.165, 1.54) is 0 Å². The van der Waals surface area contributed by atoms with Crippen molar-refractivity contribution in [3.05, 3.63) is 22.8 Å². The second-order valence-electron chi connectivity index (χ2n) is 3.19. The van der Waals surface area contributed by atoms with E-state index in [0.717, 1.165) is 12.0 Å². The van der Waals surface area contributed by atoms with Gasteiger partial charge in [-0.1, -0.05) is 17.7 Å². The highest BCUT2D eigenvalue weighted by Gasteiger charge is 2.06. The van der Waals surface area contributed by atoms with Crippen LogP contribution < -0.4 is 4.74 Å². The van der Waals surface area contributed by atoms with Crippen molar-refractivity contribution in [3.8, 4) is 5.88 Å². The summed E-state index contributed by atoms with van der Waals surface area (Å²) in [6.07, 6.45) is 1.13. The first-order chi connectivity index (χ1) is 6.63. The lowest BCUT2D eigenvalue weighted by Crippen LogP contribution is -2.03. The molecule has 0 radical (unpaired) electrons. The van der Waals surface area contributed by atoms with Crippen molar-refractivity contribution in [2.24, 2.45) is 0 Å². The number of hydrogen-bond acceptors (Lipinski definition) is 3. The maximum Gasteiger partial charge on any atom is 0.217 e. The molecule has 1 aromatic heterocycles. The SMILES string of the molecule is COc1nc(Cl)ccc1CCC(C)O. The summed E-state index contributed by atoms with van der Waals surface area (Å²) in [7, 11) is 1.56. The van der Waals surface area contributed by atoms with Crippen LogP contribution in [0.15, 0.2) is 12.1 Å². The lowest BCUT2D eigenvalue weighted by Gasteiger charge is -2.08. The molecule has 0 aromatic carbocycles. The molecule has 1 atom stereocenters. The molecule has 1 unspecified atom stereocenters. The smallest absolute Gasteiger partial charge is 0.217 e. The van der Waals surface area contributed by atoms with Gasteiger partial charge in [-0.05, 0) is 25.8 Å². The number of rotatable bonds is 4. The quantitative estimate of drug-likeness (QED) is 0.782. The summed E-state index contributed by atoms with van der Waals surface area (Å²) in [4.78, 5) is 4.03. The largest absolute Gasteiger partial charge is 0.481 e. The Kier molecular flexibility index (Phi) is 4.17. The van der Waals surface area contributed by atoms with Gasteiger partial charge in [0.15, 0.2) is 0 Å². The normalized spacial score (nSPS) is 12.6. The lowest BCUT2D eigenvalue weighted by molar-refractivity contribution is 0.184. The summed E-state index contributed by atoms with van der Waals surface area (Å²) in [5.74, 6) is 0.540. The number of methoxy groups -OCH3 is 1. The van der Waals surface area contributed by atoms with Crippen LogP contribution in [0.25, 0.3) is 0 Å². The molecule has 0 saturated heterocycles. The summed E-state index contributed by atoms with van der Waals surface area (Å²) >= 11 is 5.72. The Balaban J connectivity index is 2.75. The van der Waals surface area contributed by atoms with Gasteiger partial charge in [0.1, 0.15) is 5.15 Å². The average Bonchev–Trinajstić information content (AvgIpc) is 2.15. The highest BCUT2D eigenvalue weighted by atomic mass is 35.5. The number of aromatic nitrogens is 1.